The molecule has 0 saturated carbocycles. The molecule has 2 aliphatic rings. The van der Waals surface area contributed by atoms with Crippen LogP contribution in [-0.4, -0.2) is 35.3 Å². The number of ether oxygens (including phenoxy) is 2. The maximum Gasteiger partial charge on any atom is 0.412 e. The Balaban J connectivity index is 1.86. The average molecular weight is 326 g/mol. The van der Waals surface area contributed by atoms with Crippen LogP contribution >= 0.6 is 15.9 Å². The summed E-state index contributed by atoms with van der Waals surface area (Å²) >= 11 is 3.62. The second kappa shape index (κ2) is 5.51. The Morgan fingerprint density at radius 3 is 2.79 bits per heavy atom. The highest BCUT2D eigenvalue weighted by Gasteiger charge is 2.43. The summed E-state index contributed by atoms with van der Waals surface area (Å²) in [6.07, 6.45) is 1.50. The fourth-order valence-corrected chi connectivity index (χ4v) is 3.36. The highest BCUT2D eigenvalue weighted by molar-refractivity contribution is 9.09. The second-order valence-corrected chi connectivity index (χ2v) is 6.01. The van der Waals surface area contributed by atoms with Gasteiger partial charge < -0.3 is 9.47 Å². The lowest BCUT2D eigenvalue weighted by atomic mass is 10.1. The summed E-state index contributed by atoms with van der Waals surface area (Å²) in [5.41, 5.74) is 1.09. The molecule has 19 heavy (non-hydrogen) atoms. The molecule has 1 aromatic carbocycles. The van der Waals surface area contributed by atoms with Crippen LogP contribution in [0.15, 0.2) is 30.3 Å². The number of nitrogens with zero attached hydrogens (tertiary/aromatic N) is 1. The molecule has 2 heterocycles. The molecule has 2 fully saturated rings. The number of carbonyl (C=O) groups is 1. The van der Waals surface area contributed by atoms with E-state index in [0.717, 1.165) is 18.4 Å². The number of hydrogen-bond acceptors (Lipinski definition) is 3. The van der Waals surface area contributed by atoms with Gasteiger partial charge in [0.2, 0.25) is 0 Å². The van der Waals surface area contributed by atoms with Crippen molar-refractivity contribution in [3.63, 3.8) is 0 Å². The molecule has 0 N–H and O–H groups in total. The minimum atomic E-state index is -0.287. The van der Waals surface area contributed by atoms with Crippen LogP contribution in [0.5, 0.6) is 0 Å². The van der Waals surface area contributed by atoms with Crippen LogP contribution < -0.4 is 0 Å². The van der Waals surface area contributed by atoms with Gasteiger partial charge in [-0.1, -0.05) is 46.3 Å². The lowest BCUT2D eigenvalue weighted by Gasteiger charge is -2.36. The highest BCUT2D eigenvalue weighted by atomic mass is 79.9. The smallest absolute Gasteiger partial charge is 0.412 e. The van der Waals surface area contributed by atoms with Gasteiger partial charge in [-0.2, -0.15) is 0 Å². The number of halogens is 1. The molecule has 5 heteroatoms. The molecule has 0 radical (unpaired) electrons. The molecule has 4 nitrogen and oxygen atoms in total. The summed E-state index contributed by atoms with van der Waals surface area (Å²) in [6, 6.07) is 9.90. The maximum atomic E-state index is 12.0. The first kappa shape index (κ1) is 12.9. The van der Waals surface area contributed by atoms with Crippen LogP contribution in [0.4, 0.5) is 4.79 Å². The molecule has 0 aromatic heterocycles. The number of cyclic esters (lactones) is 1. The molecule has 0 unspecified atom stereocenters. The van der Waals surface area contributed by atoms with Crippen LogP contribution in [0.25, 0.3) is 0 Å². The van der Waals surface area contributed by atoms with E-state index in [2.05, 4.69) is 15.9 Å². The molecular weight excluding hydrogens is 310 g/mol. The van der Waals surface area contributed by atoms with Crippen molar-refractivity contribution < 1.29 is 14.3 Å². The molecule has 102 valence electrons. The largest absolute Gasteiger partial charge is 0.447 e. The Hall–Kier alpha value is -1.07. The summed E-state index contributed by atoms with van der Waals surface area (Å²) < 4.78 is 11.0. The number of carbonyl (C=O) groups excluding carboxylic acids is 1. The van der Waals surface area contributed by atoms with Gasteiger partial charge in [0.25, 0.3) is 0 Å². The van der Waals surface area contributed by atoms with E-state index in [1.54, 1.807) is 4.90 Å². The van der Waals surface area contributed by atoms with E-state index in [4.69, 9.17) is 9.47 Å². The third-order valence-electron chi connectivity index (χ3n) is 3.59. The van der Waals surface area contributed by atoms with Crippen LogP contribution in [0.1, 0.15) is 24.4 Å². The van der Waals surface area contributed by atoms with Crippen molar-refractivity contribution >= 4 is 22.0 Å². The molecule has 0 spiro atoms. The molecular formula is C14H16BrNO3. The summed E-state index contributed by atoms with van der Waals surface area (Å²) in [6.45, 7) is 1.08. The molecule has 0 aliphatic carbocycles. The molecule has 2 saturated heterocycles. The van der Waals surface area contributed by atoms with Gasteiger partial charge >= 0.3 is 6.09 Å². The van der Waals surface area contributed by atoms with E-state index in [1.807, 2.05) is 30.3 Å². The standard InChI is InChI=1S/C14H16BrNO3/c15-11-7-4-8-18-13(11)16-12(9-19-14(16)17)10-5-2-1-3-6-10/h1-3,5-6,11-13H,4,7-9H2/t11-,12-,13-/m0/s1. The van der Waals surface area contributed by atoms with Crippen molar-refractivity contribution in [3.8, 4) is 0 Å². The minimum absolute atomic E-state index is 0.0585. The predicted octanol–water partition coefficient (Wildman–Crippen LogP) is 3.08. The number of rotatable bonds is 2. The van der Waals surface area contributed by atoms with E-state index in [0.29, 0.717) is 13.2 Å². The van der Waals surface area contributed by atoms with Gasteiger partial charge in [0.05, 0.1) is 10.9 Å². The normalized spacial score (nSPS) is 31.3. The van der Waals surface area contributed by atoms with Crippen molar-refractivity contribution in [1.82, 2.24) is 4.90 Å². The van der Waals surface area contributed by atoms with Crippen LogP contribution in [0.3, 0.4) is 0 Å². The van der Waals surface area contributed by atoms with Crippen molar-refractivity contribution in [2.24, 2.45) is 0 Å². The Morgan fingerprint density at radius 2 is 2.05 bits per heavy atom. The van der Waals surface area contributed by atoms with E-state index in [1.165, 1.54) is 0 Å². The van der Waals surface area contributed by atoms with Crippen LogP contribution in [-0.2, 0) is 9.47 Å². The van der Waals surface area contributed by atoms with Gasteiger partial charge in [0.1, 0.15) is 12.8 Å². The first-order valence-corrected chi connectivity index (χ1v) is 7.44. The Kier molecular flexibility index (Phi) is 3.75. The van der Waals surface area contributed by atoms with Gasteiger partial charge in [0, 0.05) is 6.61 Å². The Bertz CT molecular complexity index is 453. The predicted molar refractivity (Wildman–Crippen MR) is 74.1 cm³/mol. The monoisotopic (exact) mass is 325 g/mol. The quantitative estimate of drug-likeness (QED) is 0.784. The summed E-state index contributed by atoms with van der Waals surface area (Å²) in [5.74, 6) is 0. The van der Waals surface area contributed by atoms with E-state index in [-0.39, 0.29) is 23.2 Å². The van der Waals surface area contributed by atoms with Gasteiger partial charge in [-0.05, 0) is 18.4 Å². The topological polar surface area (TPSA) is 38.8 Å². The zero-order chi connectivity index (χ0) is 13.2. The van der Waals surface area contributed by atoms with Crippen molar-refractivity contribution in [2.45, 2.75) is 29.9 Å². The van der Waals surface area contributed by atoms with Crippen molar-refractivity contribution in [3.05, 3.63) is 35.9 Å². The SMILES string of the molecule is O=C1OC[C@@H](c2ccccc2)N1[C@H]1OCCC[C@@H]1Br. The van der Waals surface area contributed by atoms with Crippen LogP contribution in [0, 0.1) is 0 Å². The van der Waals surface area contributed by atoms with E-state index in [9.17, 15) is 4.79 Å². The molecule has 3 atom stereocenters. The van der Waals surface area contributed by atoms with Gasteiger partial charge in [-0.3, -0.25) is 4.90 Å². The van der Waals surface area contributed by atoms with Gasteiger partial charge in [-0.25, -0.2) is 4.79 Å². The van der Waals surface area contributed by atoms with E-state index >= 15 is 0 Å². The number of hydrogen-bond donors (Lipinski definition) is 0. The zero-order valence-electron chi connectivity index (χ0n) is 10.5. The Morgan fingerprint density at radius 1 is 1.26 bits per heavy atom. The van der Waals surface area contributed by atoms with Gasteiger partial charge in [0.15, 0.2) is 0 Å². The minimum Gasteiger partial charge on any atom is -0.447 e. The fourth-order valence-electron chi connectivity index (χ4n) is 2.63. The average Bonchev–Trinajstić information content (AvgIpc) is 2.82. The summed E-state index contributed by atoms with van der Waals surface area (Å²) in [5, 5.41) is 0. The summed E-state index contributed by atoms with van der Waals surface area (Å²) in [4.78, 5) is 13.9. The first-order chi connectivity index (χ1) is 9.27. The summed E-state index contributed by atoms with van der Waals surface area (Å²) in [7, 11) is 0. The molecule has 3 rings (SSSR count). The number of amides is 1. The van der Waals surface area contributed by atoms with Crippen molar-refractivity contribution in [2.75, 3.05) is 13.2 Å². The first-order valence-electron chi connectivity index (χ1n) is 6.53. The molecule has 1 aromatic rings. The molecule has 1 amide bonds. The zero-order valence-corrected chi connectivity index (χ0v) is 12.1. The maximum absolute atomic E-state index is 12.0. The van der Waals surface area contributed by atoms with Crippen LogP contribution in [0.2, 0.25) is 0 Å². The number of benzene rings is 1. The lowest BCUT2D eigenvalue weighted by Crippen LogP contribution is -2.47. The second-order valence-electron chi connectivity index (χ2n) is 4.83. The fraction of sp³-hybridized carbons (Fsp3) is 0.500. The highest BCUT2D eigenvalue weighted by Crippen LogP contribution is 2.35. The van der Waals surface area contributed by atoms with E-state index < -0.39 is 0 Å². The third kappa shape index (κ3) is 2.49. The molecule has 2 aliphatic heterocycles. The third-order valence-corrected chi connectivity index (χ3v) is 4.50. The van der Waals surface area contributed by atoms with Crippen molar-refractivity contribution in [1.29, 1.82) is 0 Å². The molecule has 0 bridgehead atoms. The number of alkyl halides is 1. The van der Waals surface area contributed by atoms with Gasteiger partial charge in [-0.15, -0.1) is 0 Å². The lowest BCUT2D eigenvalue weighted by molar-refractivity contribution is -0.0668. The Labute approximate surface area is 120 Å².